The molecule has 10 rings (SSSR count). The molecule has 0 saturated carbocycles. The van der Waals surface area contributed by atoms with Crippen LogP contribution in [0.5, 0.6) is 0 Å². The van der Waals surface area contributed by atoms with Gasteiger partial charge in [0.1, 0.15) is 5.65 Å². The Hall–Kier alpha value is -6.78. The Balaban J connectivity index is 0.893. The molecule has 4 nitrogen and oxygen atoms in total. The first kappa shape index (κ1) is 28.3. The number of rotatable bonds is 5. The van der Waals surface area contributed by atoms with Gasteiger partial charge in [-0.25, -0.2) is 4.98 Å². The molecule has 4 heteroatoms. The molecule has 10 aromatic rings. The van der Waals surface area contributed by atoms with E-state index in [2.05, 4.69) is 172 Å². The fourth-order valence-electron chi connectivity index (χ4n) is 7.47. The van der Waals surface area contributed by atoms with Crippen molar-refractivity contribution >= 4 is 43.7 Å². The number of nitrogens with zero attached hydrogens (tertiary/aromatic N) is 4. The summed E-state index contributed by atoms with van der Waals surface area (Å²) in [5.74, 6) is 0. The zero-order valence-electron chi connectivity index (χ0n) is 27.1. The molecule has 0 aliphatic carbocycles. The van der Waals surface area contributed by atoms with Gasteiger partial charge < -0.3 is 4.57 Å². The van der Waals surface area contributed by atoms with E-state index in [9.17, 15) is 0 Å². The fourth-order valence-corrected chi connectivity index (χ4v) is 7.47. The van der Waals surface area contributed by atoms with Gasteiger partial charge in [0, 0.05) is 51.5 Å². The molecule has 4 heterocycles. The molecule has 0 N–H and O–H groups in total. The molecule has 50 heavy (non-hydrogen) atoms. The van der Waals surface area contributed by atoms with Crippen molar-refractivity contribution in [3.63, 3.8) is 0 Å². The molecule has 0 spiro atoms. The maximum Gasteiger partial charge on any atom is 0.145 e. The predicted octanol–water partition coefficient (Wildman–Crippen LogP) is 11.7. The number of aromatic nitrogens is 4. The Kier molecular flexibility index (Phi) is 6.46. The van der Waals surface area contributed by atoms with Crippen molar-refractivity contribution in [1.29, 1.82) is 0 Å². The van der Waals surface area contributed by atoms with E-state index in [-0.39, 0.29) is 0 Å². The molecule has 0 aliphatic rings. The molecule has 0 atom stereocenters. The SMILES string of the molecule is c1ccc2c(c1)c1ccccc1n2-c1ccc(-c2ccc(-c3ccc(-c4ccc(-n5c6ccncc6c6cccnc65)cc4)cc3)cc2)cc1. The number of hydrogen-bond donors (Lipinski definition) is 0. The second-order valence-corrected chi connectivity index (χ2v) is 12.7. The molecule has 0 saturated heterocycles. The van der Waals surface area contributed by atoms with Crippen LogP contribution in [0, 0.1) is 0 Å². The Labute approximate surface area is 289 Å². The van der Waals surface area contributed by atoms with Gasteiger partial charge in [-0.05, 0) is 88.0 Å². The van der Waals surface area contributed by atoms with E-state index in [0.717, 1.165) is 27.6 Å². The summed E-state index contributed by atoms with van der Waals surface area (Å²) < 4.78 is 4.57. The minimum Gasteiger partial charge on any atom is -0.309 e. The topological polar surface area (TPSA) is 35.6 Å². The zero-order chi connectivity index (χ0) is 33.0. The summed E-state index contributed by atoms with van der Waals surface area (Å²) in [5.41, 5.74) is 13.9. The quantitative estimate of drug-likeness (QED) is 0.188. The van der Waals surface area contributed by atoms with Crippen LogP contribution in [0.2, 0.25) is 0 Å². The third-order valence-electron chi connectivity index (χ3n) is 9.93. The van der Waals surface area contributed by atoms with Crippen LogP contribution in [-0.4, -0.2) is 19.1 Å². The minimum atomic E-state index is 0.940. The Morgan fingerprint density at radius 2 is 0.740 bits per heavy atom. The van der Waals surface area contributed by atoms with Crippen molar-refractivity contribution in [1.82, 2.24) is 19.1 Å². The molecule has 0 fully saturated rings. The molecular weight excluding hydrogens is 609 g/mol. The zero-order valence-corrected chi connectivity index (χ0v) is 27.1. The molecule has 6 aromatic carbocycles. The Bertz CT molecular complexity index is 2520. The highest BCUT2D eigenvalue weighted by molar-refractivity contribution is 6.09. The van der Waals surface area contributed by atoms with E-state index in [1.807, 2.05) is 24.7 Å². The maximum absolute atomic E-state index is 4.70. The fraction of sp³-hybridized carbons (Fsp3) is 0. The normalized spacial score (nSPS) is 11.6. The van der Waals surface area contributed by atoms with Crippen LogP contribution < -0.4 is 0 Å². The molecular formula is C46H30N4. The lowest BCUT2D eigenvalue weighted by Gasteiger charge is -2.10. The summed E-state index contributed by atoms with van der Waals surface area (Å²) in [4.78, 5) is 9.06. The van der Waals surface area contributed by atoms with Crippen molar-refractivity contribution in [2.75, 3.05) is 0 Å². The predicted molar refractivity (Wildman–Crippen MR) is 207 cm³/mol. The van der Waals surface area contributed by atoms with Gasteiger partial charge in [0.05, 0.1) is 16.6 Å². The third kappa shape index (κ3) is 4.54. The van der Waals surface area contributed by atoms with Gasteiger partial charge in [-0.3, -0.25) is 9.55 Å². The highest BCUT2D eigenvalue weighted by Crippen LogP contribution is 2.34. The number of hydrogen-bond acceptors (Lipinski definition) is 2. The van der Waals surface area contributed by atoms with Crippen LogP contribution in [0.15, 0.2) is 182 Å². The van der Waals surface area contributed by atoms with Crippen LogP contribution in [0.3, 0.4) is 0 Å². The van der Waals surface area contributed by atoms with Crippen molar-refractivity contribution in [2.24, 2.45) is 0 Å². The van der Waals surface area contributed by atoms with Crippen molar-refractivity contribution in [3.05, 3.63) is 182 Å². The van der Waals surface area contributed by atoms with Gasteiger partial charge in [0.25, 0.3) is 0 Å². The first-order valence-corrected chi connectivity index (χ1v) is 16.9. The summed E-state index contributed by atoms with van der Waals surface area (Å²) in [5, 5.41) is 4.77. The summed E-state index contributed by atoms with van der Waals surface area (Å²) in [6, 6.07) is 58.8. The number of pyridine rings is 2. The number of fused-ring (bicyclic) bond motifs is 6. The lowest BCUT2D eigenvalue weighted by Crippen LogP contribution is -1.95. The van der Waals surface area contributed by atoms with E-state index < -0.39 is 0 Å². The molecule has 0 aliphatic heterocycles. The van der Waals surface area contributed by atoms with E-state index in [0.29, 0.717) is 0 Å². The van der Waals surface area contributed by atoms with Crippen molar-refractivity contribution in [3.8, 4) is 44.8 Å². The minimum absolute atomic E-state index is 0.940. The standard InChI is InChI=1S/C46H30N4/c1-3-9-43-39(6-1)40-7-2-4-10-44(40)49(43)37-23-19-35(20-24-37)33-15-11-31(12-16-33)32-13-17-34(18-14-32)36-21-25-38(26-22-36)50-45-27-29-47-30-42(45)41-8-5-28-48-46(41)50/h1-30H. The lowest BCUT2D eigenvalue weighted by molar-refractivity contribution is 1.13. The van der Waals surface area contributed by atoms with Crippen molar-refractivity contribution in [2.45, 2.75) is 0 Å². The molecule has 0 amide bonds. The largest absolute Gasteiger partial charge is 0.309 e. The second-order valence-electron chi connectivity index (χ2n) is 12.7. The average Bonchev–Trinajstić information content (AvgIpc) is 3.71. The van der Waals surface area contributed by atoms with Gasteiger partial charge in [0.15, 0.2) is 0 Å². The smallest absolute Gasteiger partial charge is 0.145 e. The van der Waals surface area contributed by atoms with Crippen molar-refractivity contribution < 1.29 is 0 Å². The van der Waals surface area contributed by atoms with E-state index in [4.69, 9.17) is 4.98 Å². The first-order valence-electron chi connectivity index (χ1n) is 16.9. The first-order chi connectivity index (χ1) is 24.8. The summed E-state index contributed by atoms with van der Waals surface area (Å²) in [6.07, 6.45) is 5.61. The maximum atomic E-state index is 4.70. The molecule has 0 radical (unpaired) electrons. The number of para-hydroxylation sites is 2. The van der Waals surface area contributed by atoms with Crippen LogP contribution in [0.1, 0.15) is 0 Å². The van der Waals surface area contributed by atoms with E-state index in [1.54, 1.807) is 0 Å². The van der Waals surface area contributed by atoms with Crippen LogP contribution in [-0.2, 0) is 0 Å². The van der Waals surface area contributed by atoms with Crippen LogP contribution in [0.4, 0.5) is 0 Å². The van der Waals surface area contributed by atoms with Gasteiger partial charge in [-0.15, -0.1) is 0 Å². The highest BCUT2D eigenvalue weighted by atomic mass is 15.0. The van der Waals surface area contributed by atoms with E-state index in [1.165, 1.54) is 60.9 Å². The van der Waals surface area contributed by atoms with Crippen LogP contribution in [0.25, 0.3) is 88.5 Å². The Morgan fingerprint density at radius 3 is 1.26 bits per heavy atom. The van der Waals surface area contributed by atoms with Gasteiger partial charge in [-0.2, -0.15) is 0 Å². The summed E-state index contributed by atoms with van der Waals surface area (Å²) >= 11 is 0. The van der Waals surface area contributed by atoms with Gasteiger partial charge >= 0.3 is 0 Å². The molecule has 0 unspecified atom stereocenters. The second kappa shape index (κ2) is 11.4. The third-order valence-corrected chi connectivity index (χ3v) is 9.93. The summed E-state index contributed by atoms with van der Waals surface area (Å²) in [6.45, 7) is 0. The van der Waals surface area contributed by atoms with Gasteiger partial charge in [0.2, 0.25) is 0 Å². The number of benzene rings is 6. The Morgan fingerprint density at radius 1 is 0.320 bits per heavy atom. The summed E-state index contributed by atoms with van der Waals surface area (Å²) in [7, 11) is 0. The molecule has 234 valence electrons. The lowest BCUT2D eigenvalue weighted by atomic mass is 9.98. The molecule has 0 bridgehead atoms. The monoisotopic (exact) mass is 638 g/mol. The average molecular weight is 639 g/mol. The van der Waals surface area contributed by atoms with E-state index >= 15 is 0 Å². The molecule has 4 aromatic heterocycles. The van der Waals surface area contributed by atoms with Crippen LogP contribution >= 0.6 is 0 Å². The van der Waals surface area contributed by atoms with Gasteiger partial charge in [-0.1, -0.05) is 109 Å². The highest BCUT2D eigenvalue weighted by Gasteiger charge is 2.14.